The number of carbonyl (C=O) groups excluding carboxylic acids is 2. The lowest BCUT2D eigenvalue weighted by Gasteiger charge is -2.24. The van der Waals surface area contributed by atoms with Crippen LogP contribution in [0.2, 0.25) is 0 Å². The van der Waals surface area contributed by atoms with Crippen LogP contribution in [0.4, 0.5) is 11.4 Å². The predicted molar refractivity (Wildman–Crippen MR) is 91.9 cm³/mol. The third-order valence-corrected chi connectivity index (χ3v) is 4.52. The van der Waals surface area contributed by atoms with Crippen LogP contribution in [-0.2, 0) is 0 Å². The molecule has 2 N–H and O–H groups in total. The van der Waals surface area contributed by atoms with Crippen molar-refractivity contribution in [1.29, 1.82) is 0 Å². The van der Waals surface area contributed by atoms with Gasteiger partial charge in [0.15, 0.2) is 0 Å². The van der Waals surface area contributed by atoms with Gasteiger partial charge in [0.05, 0.1) is 16.9 Å². The molecule has 5 rings (SSSR count). The van der Waals surface area contributed by atoms with E-state index in [1.807, 2.05) is 36.4 Å². The van der Waals surface area contributed by atoms with Crippen molar-refractivity contribution in [3.05, 3.63) is 71.3 Å². The summed E-state index contributed by atoms with van der Waals surface area (Å²) in [6.45, 7) is 0. The van der Waals surface area contributed by atoms with Crippen LogP contribution in [0.25, 0.3) is 10.8 Å². The fraction of sp³-hybridized carbons (Fsp3) is 0. The van der Waals surface area contributed by atoms with Crippen LogP contribution in [0, 0.1) is 0 Å². The number of hydrogen-bond acceptors (Lipinski definition) is 3. The Kier molecular flexibility index (Phi) is 2.33. The molecule has 114 valence electrons. The Labute approximate surface area is 137 Å². The molecule has 0 saturated heterocycles. The van der Waals surface area contributed by atoms with Crippen molar-refractivity contribution in [3.8, 4) is 0 Å². The molecule has 0 radical (unpaired) electrons. The number of carbonyl (C=O) groups is 2. The van der Waals surface area contributed by atoms with E-state index in [-0.39, 0.29) is 5.91 Å². The number of primary amides is 1. The number of nitrogens with zero attached hydrogens (tertiary/aromatic N) is 2. The second-order valence-corrected chi connectivity index (χ2v) is 5.85. The molecule has 3 aromatic rings. The average molecular weight is 313 g/mol. The Morgan fingerprint density at radius 3 is 2.58 bits per heavy atom. The molecule has 24 heavy (non-hydrogen) atoms. The first-order valence-electron chi connectivity index (χ1n) is 7.54. The van der Waals surface area contributed by atoms with Crippen molar-refractivity contribution in [2.24, 2.45) is 10.7 Å². The summed E-state index contributed by atoms with van der Waals surface area (Å²) in [5.41, 5.74) is 8.48. The van der Waals surface area contributed by atoms with Crippen molar-refractivity contribution < 1.29 is 9.59 Å². The van der Waals surface area contributed by atoms with Crippen LogP contribution in [0.5, 0.6) is 0 Å². The van der Waals surface area contributed by atoms with Gasteiger partial charge in [-0.2, -0.15) is 0 Å². The molecule has 0 atom stereocenters. The quantitative estimate of drug-likeness (QED) is 0.750. The van der Waals surface area contributed by atoms with Crippen LogP contribution in [0.15, 0.2) is 59.6 Å². The van der Waals surface area contributed by atoms with Gasteiger partial charge in [0, 0.05) is 16.5 Å². The normalized spacial score (nSPS) is 14.4. The van der Waals surface area contributed by atoms with E-state index in [2.05, 4.69) is 0 Å². The molecule has 0 aromatic heterocycles. The minimum Gasteiger partial charge on any atom is -0.366 e. The minimum atomic E-state index is -0.553. The number of anilines is 1. The lowest BCUT2D eigenvalue weighted by atomic mass is 10.0. The number of amides is 2. The summed E-state index contributed by atoms with van der Waals surface area (Å²) in [6.07, 6.45) is 0. The van der Waals surface area contributed by atoms with Crippen LogP contribution in [0.3, 0.4) is 0 Å². The van der Waals surface area contributed by atoms with Gasteiger partial charge in [0.2, 0.25) is 5.91 Å². The molecule has 0 bridgehead atoms. The van der Waals surface area contributed by atoms with E-state index in [4.69, 9.17) is 10.7 Å². The number of benzene rings is 3. The third-order valence-electron chi connectivity index (χ3n) is 4.52. The van der Waals surface area contributed by atoms with E-state index in [1.54, 1.807) is 23.1 Å². The molecule has 2 aliphatic rings. The fourth-order valence-electron chi connectivity index (χ4n) is 3.44. The SMILES string of the molecule is NC(=O)c1ccc2c(c1)C(=O)N1C2=Nc2cccc3cccc1c23. The third kappa shape index (κ3) is 1.50. The van der Waals surface area contributed by atoms with E-state index in [1.165, 1.54) is 0 Å². The number of nitrogens with two attached hydrogens (primary N) is 1. The first-order chi connectivity index (χ1) is 11.6. The zero-order valence-corrected chi connectivity index (χ0v) is 12.5. The topological polar surface area (TPSA) is 75.8 Å². The van der Waals surface area contributed by atoms with E-state index in [9.17, 15) is 9.59 Å². The first-order valence-corrected chi connectivity index (χ1v) is 7.54. The van der Waals surface area contributed by atoms with Gasteiger partial charge in [-0.25, -0.2) is 4.99 Å². The predicted octanol–water partition coefficient (Wildman–Crippen LogP) is 2.99. The van der Waals surface area contributed by atoms with Crippen molar-refractivity contribution in [2.45, 2.75) is 0 Å². The Hall–Kier alpha value is -3.47. The number of fused-ring (bicyclic) bond motifs is 4. The van der Waals surface area contributed by atoms with Crippen molar-refractivity contribution in [2.75, 3.05) is 4.90 Å². The largest absolute Gasteiger partial charge is 0.366 e. The summed E-state index contributed by atoms with van der Waals surface area (Å²) >= 11 is 0. The van der Waals surface area contributed by atoms with Crippen molar-refractivity contribution in [3.63, 3.8) is 0 Å². The highest BCUT2D eigenvalue weighted by atomic mass is 16.2. The average Bonchev–Trinajstić information content (AvgIpc) is 2.88. The van der Waals surface area contributed by atoms with Gasteiger partial charge in [-0.05, 0) is 35.7 Å². The Balaban J connectivity index is 1.83. The number of rotatable bonds is 1. The molecule has 5 heteroatoms. The molecule has 0 saturated carbocycles. The molecule has 2 amide bonds. The van der Waals surface area contributed by atoms with Crippen LogP contribution in [-0.4, -0.2) is 17.6 Å². The fourth-order valence-corrected chi connectivity index (χ4v) is 3.44. The highest BCUT2D eigenvalue weighted by molar-refractivity contribution is 6.40. The van der Waals surface area contributed by atoms with Crippen LogP contribution in [0.1, 0.15) is 26.3 Å². The summed E-state index contributed by atoms with van der Waals surface area (Å²) in [7, 11) is 0. The molecule has 0 spiro atoms. The van der Waals surface area contributed by atoms with Crippen molar-refractivity contribution in [1.82, 2.24) is 0 Å². The Morgan fingerprint density at radius 2 is 1.79 bits per heavy atom. The molecule has 0 unspecified atom stereocenters. The molecular formula is C19H11N3O2. The van der Waals surface area contributed by atoms with E-state index >= 15 is 0 Å². The second-order valence-electron chi connectivity index (χ2n) is 5.85. The zero-order chi connectivity index (χ0) is 16.4. The first kappa shape index (κ1) is 13.0. The number of hydrogen-bond donors (Lipinski definition) is 1. The summed E-state index contributed by atoms with van der Waals surface area (Å²) < 4.78 is 0. The van der Waals surface area contributed by atoms with Gasteiger partial charge in [0.25, 0.3) is 5.91 Å². The summed E-state index contributed by atoms with van der Waals surface area (Å²) in [5, 5.41) is 1.99. The van der Waals surface area contributed by atoms with Crippen molar-refractivity contribution >= 4 is 39.8 Å². The van der Waals surface area contributed by atoms with Crippen LogP contribution < -0.4 is 10.6 Å². The lowest BCUT2D eigenvalue weighted by Crippen LogP contribution is -2.31. The van der Waals surface area contributed by atoms with E-state index < -0.39 is 5.91 Å². The zero-order valence-electron chi connectivity index (χ0n) is 12.5. The Bertz CT molecular complexity index is 1110. The van der Waals surface area contributed by atoms with Gasteiger partial charge in [-0.15, -0.1) is 0 Å². The molecule has 2 aliphatic heterocycles. The van der Waals surface area contributed by atoms with Gasteiger partial charge in [0.1, 0.15) is 5.84 Å². The maximum absolute atomic E-state index is 12.9. The summed E-state index contributed by atoms with van der Waals surface area (Å²) in [4.78, 5) is 30.7. The molecule has 5 nitrogen and oxygen atoms in total. The monoisotopic (exact) mass is 313 g/mol. The summed E-state index contributed by atoms with van der Waals surface area (Å²) in [5.74, 6) is -0.145. The highest BCUT2D eigenvalue weighted by Gasteiger charge is 2.38. The van der Waals surface area contributed by atoms with Gasteiger partial charge in [-0.3, -0.25) is 14.5 Å². The van der Waals surface area contributed by atoms with Gasteiger partial charge in [-0.1, -0.05) is 24.3 Å². The van der Waals surface area contributed by atoms with E-state index in [0.29, 0.717) is 17.0 Å². The standard InChI is InChI=1S/C19H11N3O2/c20-17(23)11-7-8-12-13(9-11)19(24)22-15-6-2-4-10-3-1-5-14(16(10)15)21-18(12)22/h1-9H,(H2,20,23). The molecule has 0 aliphatic carbocycles. The molecule has 2 heterocycles. The molecule has 3 aromatic carbocycles. The molecule has 0 fully saturated rings. The van der Waals surface area contributed by atoms with Crippen LogP contribution >= 0.6 is 0 Å². The Morgan fingerprint density at radius 1 is 1.00 bits per heavy atom. The highest BCUT2D eigenvalue weighted by Crippen LogP contribution is 2.42. The number of amidine groups is 1. The second kappa shape index (κ2) is 4.29. The maximum Gasteiger partial charge on any atom is 0.264 e. The van der Waals surface area contributed by atoms with E-state index in [0.717, 1.165) is 27.7 Å². The van der Waals surface area contributed by atoms with Gasteiger partial charge >= 0.3 is 0 Å². The smallest absolute Gasteiger partial charge is 0.264 e. The minimum absolute atomic E-state index is 0.186. The maximum atomic E-state index is 12.9. The lowest BCUT2D eigenvalue weighted by molar-refractivity contribution is 0.1000. The summed E-state index contributed by atoms with van der Waals surface area (Å²) in [6, 6.07) is 16.6. The number of aliphatic imine (C=N–C) groups is 1. The van der Waals surface area contributed by atoms with Gasteiger partial charge < -0.3 is 5.73 Å². The molecular weight excluding hydrogens is 302 g/mol.